The molecule has 0 bridgehead atoms. The van der Waals surface area contributed by atoms with Crippen molar-refractivity contribution in [1.29, 1.82) is 0 Å². The van der Waals surface area contributed by atoms with E-state index in [1.165, 1.54) is 31.3 Å². The van der Waals surface area contributed by atoms with Crippen molar-refractivity contribution in [3.05, 3.63) is 65.0 Å². The second-order valence-corrected chi connectivity index (χ2v) is 10.6. The Morgan fingerprint density at radius 3 is 1.79 bits per heavy atom. The van der Waals surface area contributed by atoms with Gasteiger partial charge in [0.25, 0.3) is 0 Å². The van der Waals surface area contributed by atoms with Crippen LogP contribution in [-0.4, -0.2) is 59.8 Å². The number of anilines is 1. The summed E-state index contributed by atoms with van der Waals surface area (Å²) in [7, 11) is 2.35. The predicted octanol–water partition coefficient (Wildman–Crippen LogP) is 6.91. The zero-order chi connectivity index (χ0) is 29.7. The van der Waals surface area contributed by atoms with Crippen LogP contribution in [0.4, 0.5) is 46.0 Å². The normalized spacial score (nSPS) is 20.2. The Kier molecular flexibility index (Phi) is 7.88. The molecule has 1 heterocycles. The molecule has 6 nitrogen and oxygen atoms in total. The molecule has 0 saturated carbocycles. The highest BCUT2D eigenvalue weighted by molar-refractivity contribution is 5.92. The van der Waals surface area contributed by atoms with Crippen molar-refractivity contribution >= 4 is 17.8 Å². The third kappa shape index (κ3) is 6.22. The molecule has 1 N–H and O–H groups in total. The molecule has 3 amide bonds. The first kappa shape index (κ1) is 30.0. The first-order valence-corrected chi connectivity index (χ1v) is 11.8. The zero-order valence-electron chi connectivity index (χ0n) is 21.7. The van der Waals surface area contributed by atoms with Crippen LogP contribution in [0, 0.1) is 11.2 Å². The van der Waals surface area contributed by atoms with Crippen LogP contribution in [0.5, 0.6) is 0 Å². The molecule has 214 valence electrons. The Labute approximate surface area is 220 Å². The molecule has 1 fully saturated rings. The van der Waals surface area contributed by atoms with Gasteiger partial charge >= 0.3 is 24.5 Å². The van der Waals surface area contributed by atoms with Gasteiger partial charge in [0.1, 0.15) is 5.82 Å². The minimum Gasteiger partial charge on any atom is -0.465 e. The lowest BCUT2D eigenvalue weighted by atomic mass is 9.78. The molecule has 2 aromatic rings. The summed E-state index contributed by atoms with van der Waals surface area (Å²) in [5, 5.41) is 9.93. The number of hydrogen-bond donors (Lipinski definition) is 1. The number of urea groups is 1. The summed E-state index contributed by atoms with van der Waals surface area (Å²) < 4.78 is 94.0. The first-order valence-electron chi connectivity index (χ1n) is 11.8. The average molecular weight is 564 g/mol. The van der Waals surface area contributed by atoms with Crippen molar-refractivity contribution < 1.29 is 45.4 Å². The third-order valence-electron chi connectivity index (χ3n) is 6.89. The summed E-state index contributed by atoms with van der Waals surface area (Å²) >= 11 is 0. The maximum atomic E-state index is 13.6. The molecular weight excluding hydrogens is 535 g/mol. The number of likely N-dealkylation sites (N-methyl/N-ethyl adjacent to an activating group) is 1. The Bertz CT molecular complexity index is 1190. The maximum Gasteiger partial charge on any atom is 0.416 e. The molecule has 3 rings (SSSR count). The lowest BCUT2D eigenvalue weighted by Crippen LogP contribution is -2.56. The van der Waals surface area contributed by atoms with Crippen LogP contribution < -0.4 is 4.90 Å². The zero-order valence-corrected chi connectivity index (χ0v) is 21.7. The van der Waals surface area contributed by atoms with E-state index in [0.717, 1.165) is 16.8 Å². The fourth-order valence-electron chi connectivity index (χ4n) is 5.12. The molecule has 0 spiro atoms. The Morgan fingerprint density at radius 1 is 0.897 bits per heavy atom. The third-order valence-corrected chi connectivity index (χ3v) is 6.89. The van der Waals surface area contributed by atoms with Gasteiger partial charge in [-0.15, -0.1) is 0 Å². The number of likely N-dealkylation sites (tertiary alicyclic amines) is 1. The number of alkyl halides is 6. The van der Waals surface area contributed by atoms with E-state index >= 15 is 0 Å². The van der Waals surface area contributed by atoms with Crippen molar-refractivity contribution in [2.24, 2.45) is 5.41 Å². The van der Waals surface area contributed by atoms with Crippen molar-refractivity contribution in [3.63, 3.8) is 0 Å². The molecule has 1 aliphatic heterocycles. The van der Waals surface area contributed by atoms with Crippen molar-refractivity contribution in [2.75, 3.05) is 25.5 Å². The predicted molar refractivity (Wildman–Crippen MR) is 129 cm³/mol. The Balaban J connectivity index is 2.10. The molecule has 0 aromatic heterocycles. The summed E-state index contributed by atoms with van der Waals surface area (Å²) in [6.45, 7) is 5.17. The van der Waals surface area contributed by atoms with Gasteiger partial charge in [-0.3, -0.25) is 4.90 Å². The number of nitrogens with zero attached hydrogens (tertiary/aromatic N) is 3. The summed E-state index contributed by atoms with van der Waals surface area (Å²) in [6, 6.07) is 3.43. The van der Waals surface area contributed by atoms with E-state index in [-0.39, 0.29) is 12.6 Å². The highest BCUT2D eigenvalue weighted by Crippen LogP contribution is 2.44. The smallest absolute Gasteiger partial charge is 0.416 e. The first-order chi connectivity index (χ1) is 17.7. The number of halogens is 7. The van der Waals surface area contributed by atoms with Gasteiger partial charge in [0, 0.05) is 32.2 Å². The van der Waals surface area contributed by atoms with Crippen LogP contribution in [-0.2, 0) is 12.4 Å². The van der Waals surface area contributed by atoms with E-state index in [0.29, 0.717) is 22.6 Å². The summed E-state index contributed by atoms with van der Waals surface area (Å²) in [4.78, 5) is 28.7. The van der Waals surface area contributed by atoms with Gasteiger partial charge in [-0.05, 0) is 41.3 Å². The van der Waals surface area contributed by atoms with Crippen LogP contribution in [0.25, 0.3) is 0 Å². The van der Waals surface area contributed by atoms with E-state index in [9.17, 15) is 45.4 Å². The van der Waals surface area contributed by atoms with Gasteiger partial charge < -0.3 is 14.9 Å². The number of rotatable bonds is 3. The van der Waals surface area contributed by atoms with E-state index in [1.807, 2.05) is 0 Å². The second kappa shape index (κ2) is 10.2. The van der Waals surface area contributed by atoms with Crippen molar-refractivity contribution in [3.8, 4) is 0 Å². The standard InChI is InChI=1S/C26H28F7N3O3/c1-24(2,3)21-20(19(13-36(21)23(38)39)14-6-8-17(27)9-7-14)35(5)22(37)34(4)18-11-15(25(28,29)30)10-16(12-18)26(31,32)33/h6-12,19-21H,13H2,1-5H3,(H,38,39)/t19-,20-,21?/m0/s1. The van der Waals surface area contributed by atoms with E-state index in [1.54, 1.807) is 20.8 Å². The number of carbonyl (C=O) groups excluding carboxylic acids is 1. The number of amides is 3. The summed E-state index contributed by atoms with van der Waals surface area (Å²) in [5.41, 5.74) is -4.04. The lowest BCUT2D eigenvalue weighted by molar-refractivity contribution is -0.143. The summed E-state index contributed by atoms with van der Waals surface area (Å²) in [5.74, 6) is -1.20. The number of hydrogen-bond acceptors (Lipinski definition) is 2. The molecule has 2 aromatic carbocycles. The molecular formula is C26H28F7N3O3. The fourth-order valence-corrected chi connectivity index (χ4v) is 5.12. The number of benzene rings is 2. The van der Waals surface area contributed by atoms with Gasteiger partial charge in [-0.25, -0.2) is 14.0 Å². The molecule has 0 aliphatic carbocycles. The highest BCUT2D eigenvalue weighted by atomic mass is 19.4. The lowest BCUT2D eigenvalue weighted by Gasteiger charge is -2.42. The molecule has 3 atom stereocenters. The van der Waals surface area contributed by atoms with Crippen molar-refractivity contribution in [1.82, 2.24) is 9.80 Å². The fraction of sp³-hybridized carbons (Fsp3) is 0.462. The van der Waals surface area contributed by atoms with Crippen LogP contribution in [0.1, 0.15) is 43.4 Å². The second-order valence-electron chi connectivity index (χ2n) is 10.6. The van der Waals surface area contributed by atoms with Crippen LogP contribution in [0.15, 0.2) is 42.5 Å². The maximum absolute atomic E-state index is 13.6. The molecule has 1 saturated heterocycles. The number of carbonyl (C=O) groups is 2. The van der Waals surface area contributed by atoms with Crippen LogP contribution in [0.2, 0.25) is 0 Å². The largest absolute Gasteiger partial charge is 0.465 e. The van der Waals surface area contributed by atoms with E-state index in [4.69, 9.17) is 0 Å². The van der Waals surface area contributed by atoms with Gasteiger partial charge in [-0.2, -0.15) is 26.3 Å². The quantitative estimate of drug-likeness (QED) is 0.413. The monoisotopic (exact) mass is 563 g/mol. The minimum atomic E-state index is -5.11. The van der Waals surface area contributed by atoms with Crippen LogP contribution in [0.3, 0.4) is 0 Å². The molecule has 13 heteroatoms. The molecule has 0 radical (unpaired) electrons. The molecule has 1 unspecified atom stereocenters. The van der Waals surface area contributed by atoms with Gasteiger partial charge in [-0.1, -0.05) is 32.9 Å². The van der Waals surface area contributed by atoms with Crippen LogP contribution >= 0.6 is 0 Å². The molecule has 1 aliphatic rings. The summed E-state index contributed by atoms with van der Waals surface area (Å²) in [6.07, 6.45) is -11.5. The van der Waals surface area contributed by atoms with Gasteiger partial charge in [0.15, 0.2) is 0 Å². The Hall–Kier alpha value is -3.51. The van der Waals surface area contributed by atoms with E-state index < -0.39 is 70.5 Å². The molecule has 39 heavy (non-hydrogen) atoms. The number of carboxylic acid groups (broad SMARTS) is 1. The highest BCUT2D eigenvalue weighted by Gasteiger charge is 2.52. The van der Waals surface area contributed by atoms with Gasteiger partial charge in [0.05, 0.1) is 23.2 Å². The SMILES string of the molecule is CN(C(=O)N(C)[C@@H]1C(C(C)(C)C)N(C(=O)O)C[C@H]1c1ccc(F)cc1)c1cc(C(F)(F)F)cc(C(F)(F)F)c1. The average Bonchev–Trinajstić information content (AvgIpc) is 3.23. The van der Waals surface area contributed by atoms with Crippen molar-refractivity contribution in [2.45, 2.75) is 51.1 Å². The van der Waals surface area contributed by atoms with Gasteiger partial charge in [0.2, 0.25) is 0 Å². The topological polar surface area (TPSA) is 64.1 Å². The Morgan fingerprint density at radius 2 is 1.38 bits per heavy atom. The van der Waals surface area contributed by atoms with E-state index in [2.05, 4.69) is 0 Å². The minimum absolute atomic E-state index is 0.0343.